The Morgan fingerprint density at radius 3 is 1.66 bits per heavy atom. The van der Waals surface area contributed by atoms with Crippen LogP contribution in [0.4, 0.5) is 0 Å². The maximum absolute atomic E-state index is 5.09. The first-order valence-electron chi connectivity index (χ1n) is 15.9. The summed E-state index contributed by atoms with van der Waals surface area (Å²) < 4.78 is 2.25. The van der Waals surface area contributed by atoms with Crippen molar-refractivity contribution in [2.75, 3.05) is 0 Å². The minimum absolute atomic E-state index is 0.932. The predicted octanol–water partition coefficient (Wildman–Crippen LogP) is 11.4. The fourth-order valence-corrected chi connectivity index (χ4v) is 6.96. The van der Waals surface area contributed by atoms with E-state index in [0.717, 1.165) is 39.4 Å². The summed E-state index contributed by atoms with van der Waals surface area (Å²) in [5.41, 5.74) is 11.2. The zero-order valence-corrected chi connectivity index (χ0v) is 25.6. The van der Waals surface area contributed by atoms with Gasteiger partial charge in [-0.05, 0) is 86.3 Å². The Morgan fingerprint density at radius 2 is 0.979 bits per heavy atom. The third-order valence-corrected chi connectivity index (χ3v) is 9.05. The zero-order valence-electron chi connectivity index (χ0n) is 25.6. The molecule has 0 atom stereocenters. The van der Waals surface area contributed by atoms with Gasteiger partial charge < -0.3 is 0 Å². The fraction of sp³-hybridized carbons (Fsp3) is 0. The van der Waals surface area contributed by atoms with E-state index in [1.165, 1.54) is 43.8 Å². The SMILES string of the molecule is c1ccc(-n2c(-c3ccc(-c4c5ccccc5c(-c5cccc(-c6ccccn6)c5)c5ccccc45)cc3)nc3ccccc32)cc1. The van der Waals surface area contributed by atoms with E-state index in [1.807, 2.05) is 30.5 Å². The molecule has 220 valence electrons. The molecule has 0 saturated heterocycles. The molecule has 3 heteroatoms. The van der Waals surface area contributed by atoms with Crippen LogP contribution in [0.1, 0.15) is 0 Å². The van der Waals surface area contributed by atoms with Crippen molar-refractivity contribution in [3.05, 3.63) is 176 Å². The molecule has 0 amide bonds. The van der Waals surface area contributed by atoms with Gasteiger partial charge in [-0.3, -0.25) is 9.55 Å². The van der Waals surface area contributed by atoms with Gasteiger partial charge in [0.15, 0.2) is 0 Å². The first-order valence-corrected chi connectivity index (χ1v) is 15.9. The Labute approximate surface area is 273 Å². The summed E-state index contributed by atoms with van der Waals surface area (Å²) in [6.45, 7) is 0. The van der Waals surface area contributed by atoms with Crippen molar-refractivity contribution < 1.29 is 0 Å². The molecule has 0 aliphatic heterocycles. The summed E-state index contributed by atoms with van der Waals surface area (Å²) >= 11 is 0. The second-order valence-electron chi connectivity index (χ2n) is 11.8. The maximum atomic E-state index is 5.09. The molecule has 0 spiro atoms. The highest BCUT2D eigenvalue weighted by molar-refractivity contribution is 6.21. The number of hydrogen-bond acceptors (Lipinski definition) is 2. The van der Waals surface area contributed by atoms with E-state index in [1.54, 1.807) is 0 Å². The van der Waals surface area contributed by atoms with Gasteiger partial charge >= 0.3 is 0 Å². The minimum Gasteiger partial charge on any atom is -0.292 e. The average molecular weight is 600 g/mol. The Bertz CT molecular complexity index is 2490. The first-order chi connectivity index (χ1) is 23.3. The average Bonchev–Trinajstić information content (AvgIpc) is 3.54. The largest absolute Gasteiger partial charge is 0.292 e. The molecule has 0 radical (unpaired) electrons. The Kier molecular flexibility index (Phi) is 6.46. The van der Waals surface area contributed by atoms with Crippen LogP contribution >= 0.6 is 0 Å². The van der Waals surface area contributed by atoms with Gasteiger partial charge in [0, 0.05) is 23.0 Å². The minimum atomic E-state index is 0.932. The van der Waals surface area contributed by atoms with Crippen LogP contribution in [0.25, 0.3) is 83.2 Å². The quantitative estimate of drug-likeness (QED) is 0.184. The van der Waals surface area contributed by atoms with Crippen LogP contribution in [-0.2, 0) is 0 Å². The highest BCUT2D eigenvalue weighted by atomic mass is 15.1. The number of para-hydroxylation sites is 3. The molecule has 2 aromatic heterocycles. The molecule has 0 aliphatic rings. The lowest BCUT2D eigenvalue weighted by Crippen LogP contribution is -1.97. The Balaban J connectivity index is 1.23. The molecule has 47 heavy (non-hydrogen) atoms. The van der Waals surface area contributed by atoms with E-state index in [0.29, 0.717) is 0 Å². The number of aromatic nitrogens is 3. The highest BCUT2D eigenvalue weighted by Gasteiger charge is 2.18. The van der Waals surface area contributed by atoms with Gasteiger partial charge in [0.2, 0.25) is 0 Å². The van der Waals surface area contributed by atoms with E-state index in [2.05, 4.69) is 155 Å². The Hall–Kier alpha value is -6.32. The zero-order chi connectivity index (χ0) is 31.2. The molecule has 9 aromatic rings. The second kappa shape index (κ2) is 11.2. The van der Waals surface area contributed by atoms with E-state index < -0.39 is 0 Å². The third-order valence-electron chi connectivity index (χ3n) is 9.05. The first kappa shape index (κ1) is 27.0. The van der Waals surface area contributed by atoms with Crippen LogP contribution in [0.2, 0.25) is 0 Å². The molecule has 9 rings (SSSR count). The molecule has 0 saturated carbocycles. The Morgan fingerprint density at radius 1 is 0.404 bits per heavy atom. The molecule has 0 fully saturated rings. The smallest absolute Gasteiger partial charge is 0.145 e. The van der Waals surface area contributed by atoms with Crippen LogP contribution in [0, 0.1) is 0 Å². The van der Waals surface area contributed by atoms with E-state index in [4.69, 9.17) is 4.98 Å². The molecule has 0 N–H and O–H groups in total. The lowest BCUT2D eigenvalue weighted by atomic mass is 9.85. The van der Waals surface area contributed by atoms with Crippen molar-refractivity contribution in [2.45, 2.75) is 0 Å². The highest BCUT2D eigenvalue weighted by Crippen LogP contribution is 2.44. The van der Waals surface area contributed by atoms with Crippen LogP contribution in [0.3, 0.4) is 0 Å². The maximum Gasteiger partial charge on any atom is 0.145 e. The van der Waals surface area contributed by atoms with E-state index >= 15 is 0 Å². The number of rotatable bonds is 5. The summed E-state index contributed by atoms with van der Waals surface area (Å²) in [6.07, 6.45) is 1.85. The van der Waals surface area contributed by atoms with Gasteiger partial charge in [0.25, 0.3) is 0 Å². The lowest BCUT2D eigenvalue weighted by Gasteiger charge is -2.18. The summed E-state index contributed by atoms with van der Waals surface area (Å²) in [5, 5.41) is 4.92. The summed E-state index contributed by atoms with van der Waals surface area (Å²) in [4.78, 5) is 9.71. The van der Waals surface area contributed by atoms with Crippen molar-refractivity contribution in [3.63, 3.8) is 0 Å². The molecule has 7 aromatic carbocycles. The topological polar surface area (TPSA) is 30.7 Å². The number of imidazole rings is 1. The number of fused-ring (bicyclic) bond motifs is 3. The second-order valence-corrected chi connectivity index (χ2v) is 11.8. The van der Waals surface area contributed by atoms with E-state index in [-0.39, 0.29) is 0 Å². The molecule has 0 aliphatic carbocycles. The lowest BCUT2D eigenvalue weighted by molar-refractivity contribution is 1.10. The standard InChI is InChI=1S/C44H29N3/c1-2-15-34(16-3-1)47-41-23-9-8-22-40(41)46-44(47)31-26-24-30(25-27-31)42-35-17-4-6-19-37(35)43(38-20-7-5-18-36(38)42)33-14-12-13-32(29-33)39-21-10-11-28-45-39/h1-29H. The predicted molar refractivity (Wildman–Crippen MR) is 196 cm³/mol. The normalized spacial score (nSPS) is 11.4. The molecule has 2 heterocycles. The number of nitrogens with zero attached hydrogens (tertiary/aromatic N) is 3. The van der Waals surface area contributed by atoms with Gasteiger partial charge in [-0.1, -0.05) is 127 Å². The van der Waals surface area contributed by atoms with Crippen LogP contribution < -0.4 is 0 Å². The van der Waals surface area contributed by atoms with Crippen LogP contribution in [0.5, 0.6) is 0 Å². The molecular formula is C44H29N3. The van der Waals surface area contributed by atoms with Crippen molar-refractivity contribution in [1.82, 2.24) is 14.5 Å². The summed E-state index contributed by atoms with van der Waals surface area (Å²) in [5.74, 6) is 0.932. The van der Waals surface area contributed by atoms with Crippen LogP contribution in [-0.4, -0.2) is 14.5 Å². The van der Waals surface area contributed by atoms with Gasteiger partial charge in [0.1, 0.15) is 5.82 Å². The van der Waals surface area contributed by atoms with Gasteiger partial charge in [-0.25, -0.2) is 4.98 Å². The number of pyridine rings is 1. The van der Waals surface area contributed by atoms with Crippen LogP contribution in [0.15, 0.2) is 176 Å². The van der Waals surface area contributed by atoms with Crippen molar-refractivity contribution in [2.24, 2.45) is 0 Å². The van der Waals surface area contributed by atoms with Gasteiger partial charge in [-0.2, -0.15) is 0 Å². The summed E-state index contributed by atoms with van der Waals surface area (Å²) in [7, 11) is 0. The molecule has 0 unspecified atom stereocenters. The molecule has 3 nitrogen and oxygen atoms in total. The summed E-state index contributed by atoms with van der Waals surface area (Å²) in [6, 6.07) is 60.2. The van der Waals surface area contributed by atoms with Crippen molar-refractivity contribution in [1.29, 1.82) is 0 Å². The number of benzene rings is 7. The molecular weight excluding hydrogens is 571 g/mol. The molecule has 0 bridgehead atoms. The monoisotopic (exact) mass is 599 g/mol. The van der Waals surface area contributed by atoms with Crippen molar-refractivity contribution >= 4 is 32.6 Å². The van der Waals surface area contributed by atoms with Gasteiger partial charge in [-0.15, -0.1) is 0 Å². The van der Waals surface area contributed by atoms with Crippen molar-refractivity contribution in [3.8, 4) is 50.6 Å². The third kappa shape index (κ3) is 4.60. The fourth-order valence-electron chi connectivity index (χ4n) is 6.96. The van der Waals surface area contributed by atoms with Gasteiger partial charge in [0.05, 0.1) is 16.7 Å². The number of hydrogen-bond donors (Lipinski definition) is 0. The van der Waals surface area contributed by atoms with E-state index in [9.17, 15) is 0 Å².